The quantitative estimate of drug-likeness (QED) is 0.597. The summed E-state index contributed by atoms with van der Waals surface area (Å²) in [7, 11) is 0. The Morgan fingerprint density at radius 1 is 1.26 bits per heavy atom. The third kappa shape index (κ3) is 6.20. The molecule has 2 heterocycles. The van der Waals surface area contributed by atoms with Crippen molar-refractivity contribution in [3.63, 3.8) is 0 Å². The molecular weight excluding hydrogens is 394 g/mol. The van der Waals surface area contributed by atoms with Crippen molar-refractivity contribution in [3.8, 4) is 5.75 Å². The molecule has 2 N–H and O–H groups in total. The number of hydrogen-bond acceptors (Lipinski definition) is 5. The van der Waals surface area contributed by atoms with E-state index in [0.29, 0.717) is 26.1 Å². The third-order valence-electron chi connectivity index (χ3n) is 5.46. The van der Waals surface area contributed by atoms with Gasteiger partial charge in [-0.15, -0.1) is 0 Å². The molecule has 166 valence electrons. The van der Waals surface area contributed by atoms with Gasteiger partial charge in [0.2, 0.25) is 5.91 Å². The predicted octanol–water partition coefficient (Wildman–Crippen LogP) is 3.57. The number of anilines is 1. The lowest BCUT2D eigenvalue weighted by molar-refractivity contribution is -0.144. The van der Waals surface area contributed by atoms with Gasteiger partial charge in [-0.2, -0.15) is 0 Å². The first-order valence-electron chi connectivity index (χ1n) is 10.8. The number of ether oxygens (including phenoxy) is 1. The first-order chi connectivity index (χ1) is 14.9. The molecule has 0 bridgehead atoms. The number of hydrogen-bond donors (Lipinski definition) is 2. The van der Waals surface area contributed by atoms with Gasteiger partial charge < -0.3 is 20.1 Å². The van der Waals surface area contributed by atoms with Crippen LogP contribution in [-0.4, -0.2) is 46.6 Å². The lowest BCUT2D eigenvalue weighted by Gasteiger charge is -2.22. The molecule has 1 aliphatic heterocycles. The van der Waals surface area contributed by atoms with Gasteiger partial charge in [-0.3, -0.25) is 9.59 Å². The van der Waals surface area contributed by atoms with Gasteiger partial charge in [0, 0.05) is 25.3 Å². The number of aryl methyl sites for hydroxylation is 2. The van der Waals surface area contributed by atoms with Crippen molar-refractivity contribution in [2.24, 2.45) is 5.92 Å². The normalized spacial score (nSPS) is 15.9. The predicted molar refractivity (Wildman–Crippen MR) is 119 cm³/mol. The van der Waals surface area contributed by atoms with Crippen LogP contribution < -0.4 is 10.1 Å². The summed E-state index contributed by atoms with van der Waals surface area (Å²) in [6.07, 6.45) is 1.13. The minimum atomic E-state index is -0.942. The summed E-state index contributed by atoms with van der Waals surface area (Å²) in [5, 5.41) is 12.5. The molecule has 31 heavy (non-hydrogen) atoms. The maximum atomic E-state index is 12.7. The fraction of sp³-hybridized carbons (Fsp3) is 0.458. The van der Waals surface area contributed by atoms with Crippen molar-refractivity contribution >= 4 is 17.7 Å². The van der Waals surface area contributed by atoms with Crippen LogP contribution in [0, 0.1) is 19.8 Å². The molecule has 1 atom stereocenters. The zero-order valence-corrected chi connectivity index (χ0v) is 18.5. The molecule has 0 aliphatic carbocycles. The summed E-state index contributed by atoms with van der Waals surface area (Å²) in [4.78, 5) is 30.1. The molecule has 0 saturated carbocycles. The van der Waals surface area contributed by atoms with Crippen molar-refractivity contribution < 1.29 is 19.4 Å². The van der Waals surface area contributed by atoms with E-state index in [2.05, 4.69) is 17.2 Å². The van der Waals surface area contributed by atoms with E-state index in [1.807, 2.05) is 44.2 Å². The molecule has 0 spiro atoms. The van der Waals surface area contributed by atoms with Crippen LogP contribution in [0.5, 0.6) is 5.75 Å². The van der Waals surface area contributed by atoms with E-state index in [1.165, 1.54) is 5.56 Å². The molecule has 7 nitrogen and oxygen atoms in total. The number of carboxylic acids is 1. The van der Waals surface area contributed by atoms with E-state index in [-0.39, 0.29) is 12.3 Å². The average Bonchev–Trinajstić information content (AvgIpc) is 2.83. The molecule has 3 rings (SSSR count). The maximum Gasteiger partial charge on any atom is 0.304 e. The van der Waals surface area contributed by atoms with Gasteiger partial charge in [-0.1, -0.05) is 6.07 Å². The van der Waals surface area contributed by atoms with Crippen LogP contribution >= 0.6 is 0 Å². The molecule has 1 unspecified atom stereocenters. The van der Waals surface area contributed by atoms with Gasteiger partial charge >= 0.3 is 5.97 Å². The molecule has 1 aromatic heterocycles. The van der Waals surface area contributed by atoms with Crippen molar-refractivity contribution in [1.29, 1.82) is 0 Å². The molecule has 7 heteroatoms. The fourth-order valence-corrected chi connectivity index (χ4v) is 3.98. The first kappa shape index (κ1) is 22.6. The zero-order valence-electron chi connectivity index (χ0n) is 18.5. The minimum Gasteiger partial charge on any atom is -0.494 e. The van der Waals surface area contributed by atoms with Crippen LogP contribution in [0.4, 0.5) is 5.82 Å². The molecular formula is C24H31N3O4. The Hall–Kier alpha value is -3.09. The Labute approximate surface area is 183 Å². The number of amides is 1. The van der Waals surface area contributed by atoms with E-state index in [4.69, 9.17) is 9.84 Å². The van der Waals surface area contributed by atoms with E-state index in [1.54, 1.807) is 4.90 Å². The van der Waals surface area contributed by atoms with E-state index in [9.17, 15) is 9.59 Å². The monoisotopic (exact) mass is 425 g/mol. The summed E-state index contributed by atoms with van der Waals surface area (Å²) in [6.45, 7) is 8.31. The highest BCUT2D eigenvalue weighted by atomic mass is 16.5. The lowest BCUT2D eigenvalue weighted by atomic mass is 9.94. The smallest absolute Gasteiger partial charge is 0.304 e. The van der Waals surface area contributed by atoms with Crippen molar-refractivity contribution in [2.75, 3.05) is 25.0 Å². The number of pyridine rings is 1. The van der Waals surface area contributed by atoms with Crippen LogP contribution in [0.25, 0.3) is 0 Å². The number of nitrogens with one attached hydrogen (secondary N) is 1. The van der Waals surface area contributed by atoms with Crippen molar-refractivity contribution in [1.82, 2.24) is 9.88 Å². The van der Waals surface area contributed by atoms with Crippen LogP contribution in [0.15, 0.2) is 30.3 Å². The SMILES string of the molecule is CCN1Cc2cc(OCCCNc3cc(C)cc(C)n3)ccc2CC(CC(=O)O)C1=O. The first-order valence-corrected chi connectivity index (χ1v) is 10.8. The molecule has 0 radical (unpaired) electrons. The topological polar surface area (TPSA) is 91.8 Å². The summed E-state index contributed by atoms with van der Waals surface area (Å²) < 4.78 is 5.93. The maximum absolute atomic E-state index is 12.7. The average molecular weight is 426 g/mol. The number of rotatable bonds is 9. The van der Waals surface area contributed by atoms with Crippen LogP contribution in [0.3, 0.4) is 0 Å². The van der Waals surface area contributed by atoms with Gasteiger partial charge in [0.15, 0.2) is 0 Å². The lowest BCUT2D eigenvalue weighted by Crippen LogP contribution is -2.35. The second-order valence-corrected chi connectivity index (χ2v) is 8.08. The highest BCUT2D eigenvalue weighted by molar-refractivity contribution is 5.84. The van der Waals surface area contributed by atoms with Crippen molar-refractivity contribution in [2.45, 2.75) is 46.6 Å². The minimum absolute atomic E-state index is 0.0883. The Balaban J connectivity index is 1.57. The molecule has 1 amide bonds. The van der Waals surface area contributed by atoms with Gasteiger partial charge in [0.1, 0.15) is 11.6 Å². The second-order valence-electron chi connectivity index (χ2n) is 8.08. The van der Waals surface area contributed by atoms with Gasteiger partial charge in [-0.25, -0.2) is 4.98 Å². The Morgan fingerprint density at radius 3 is 2.77 bits per heavy atom. The Kier molecular flexibility index (Phi) is 7.50. The number of carbonyl (C=O) groups is 2. The number of carbonyl (C=O) groups excluding carboxylic acids is 1. The third-order valence-corrected chi connectivity index (χ3v) is 5.46. The number of aliphatic carboxylic acids is 1. The number of nitrogens with zero attached hydrogens (tertiary/aromatic N) is 2. The van der Waals surface area contributed by atoms with Gasteiger partial charge in [0.25, 0.3) is 0 Å². The Morgan fingerprint density at radius 2 is 2.06 bits per heavy atom. The standard InChI is InChI=1S/C24H31N3O4/c1-4-27-15-20-13-21(7-6-18(20)12-19(24(27)30)14-23(28)29)31-9-5-8-25-22-11-16(2)10-17(3)26-22/h6-7,10-11,13,19H,4-5,8-9,12,14-15H2,1-3H3,(H,25,26)(H,28,29). The zero-order chi connectivity index (χ0) is 22.4. The molecule has 1 aromatic carbocycles. The summed E-state index contributed by atoms with van der Waals surface area (Å²) in [5.41, 5.74) is 4.22. The van der Waals surface area contributed by atoms with Gasteiger partial charge in [0.05, 0.1) is 18.9 Å². The Bertz CT molecular complexity index is 924. The number of carboxylic acid groups (broad SMARTS) is 1. The number of benzene rings is 1. The highest BCUT2D eigenvalue weighted by Gasteiger charge is 2.30. The highest BCUT2D eigenvalue weighted by Crippen LogP contribution is 2.28. The summed E-state index contributed by atoms with van der Waals surface area (Å²) in [5.74, 6) is 0.0960. The summed E-state index contributed by atoms with van der Waals surface area (Å²) >= 11 is 0. The van der Waals surface area contributed by atoms with Crippen molar-refractivity contribution in [3.05, 3.63) is 52.7 Å². The van der Waals surface area contributed by atoms with E-state index < -0.39 is 11.9 Å². The number of fused-ring (bicyclic) bond motifs is 1. The molecule has 0 fully saturated rings. The molecule has 0 saturated heterocycles. The largest absolute Gasteiger partial charge is 0.494 e. The van der Waals surface area contributed by atoms with Crippen LogP contribution in [-0.2, 0) is 22.6 Å². The second kappa shape index (κ2) is 10.3. The summed E-state index contributed by atoms with van der Waals surface area (Å²) in [6, 6.07) is 9.92. The fourth-order valence-electron chi connectivity index (χ4n) is 3.98. The van der Waals surface area contributed by atoms with Crippen LogP contribution in [0.2, 0.25) is 0 Å². The van der Waals surface area contributed by atoms with Crippen LogP contribution in [0.1, 0.15) is 42.1 Å². The van der Waals surface area contributed by atoms with E-state index in [0.717, 1.165) is 41.4 Å². The number of aromatic nitrogens is 1. The molecule has 1 aliphatic rings. The molecule has 2 aromatic rings. The van der Waals surface area contributed by atoms with E-state index >= 15 is 0 Å². The van der Waals surface area contributed by atoms with Gasteiger partial charge in [-0.05, 0) is 74.6 Å².